The fourth-order valence-corrected chi connectivity index (χ4v) is 2.74. The minimum absolute atomic E-state index is 0.161. The van der Waals surface area contributed by atoms with Gasteiger partial charge in [0.05, 0.1) is 12.1 Å². The number of amides is 1. The van der Waals surface area contributed by atoms with E-state index in [0.29, 0.717) is 10.8 Å². The first kappa shape index (κ1) is 15.2. The van der Waals surface area contributed by atoms with Crippen molar-refractivity contribution in [2.24, 2.45) is 0 Å². The zero-order valence-electron chi connectivity index (χ0n) is 12.1. The number of hydrogen-bond acceptors (Lipinski definition) is 4. The zero-order chi connectivity index (χ0) is 16.2. The number of carbonyl (C=O) groups is 1. The molecule has 0 fully saturated rings. The molecule has 1 amide bonds. The van der Waals surface area contributed by atoms with Gasteiger partial charge < -0.3 is 11.1 Å². The molecular weight excluding hydrogens is 313 g/mol. The van der Waals surface area contributed by atoms with Crippen molar-refractivity contribution in [1.82, 2.24) is 4.98 Å². The van der Waals surface area contributed by atoms with E-state index >= 15 is 0 Å². The molecule has 0 radical (unpaired) electrons. The number of halogens is 1. The van der Waals surface area contributed by atoms with Crippen LogP contribution in [0.3, 0.4) is 0 Å². The third-order valence-corrected chi connectivity index (χ3v) is 3.92. The number of carbonyl (C=O) groups excluding carboxylic acids is 1. The van der Waals surface area contributed by atoms with Crippen LogP contribution in [0.4, 0.5) is 15.2 Å². The average molecular weight is 327 g/mol. The summed E-state index contributed by atoms with van der Waals surface area (Å²) < 4.78 is 12.9. The highest BCUT2D eigenvalue weighted by Gasteiger charge is 2.07. The molecule has 0 aliphatic carbocycles. The van der Waals surface area contributed by atoms with E-state index in [1.165, 1.54) is 23.5 Å². The molecule has 0 aliphatic heterocycles. The molecule has 0 atom stereocenters. The molecule has 1 heterocycles. The summed E-state index contributed by atoms with van der Waals surface area (Å²) in [5.74, 6) is -0.476. The number of nitrogens with one attached hydrogen (secondary N) is 1. The molecule has 6 heteroatoms. The van der Waals surface area contributed by atoms with E-state index in [1.807, 2.05) is 29.6 Å². The summed E-state index contributed by atoms with van der Waals surface area (Å²) in [6.45, 7) is 0. The van der Waals surface area contributed by atoms with Crippen LogP contribution in [-0.4, -0.2) is 10.9 Å². The second kappa shape index (κ2) is 6.58. The Bertz CT molecular complexity index is 830. The fraction of sp³-hybridized carbons (Fsp3) is 0.0588. The smallest absolute Gasteiger partial charge is 0.228 e. The third-order valence-electron chi connectivity index (χ3n) is 3.24. The Morgan fingerprint density at radius 2 is 2.00 bits per heavy atom. The van der Waals surface area contributed by atoms with Crippen molar-refractivity contribution in [3.63, 3.8) is 0 Å². The quantitative estimate of drug-likeness (QED) is 0.767. The summed E-state index contributed by atoms with van der Waals surface area (Å²) in [7, 11) is 0. The van der Waals surface area contributed by atoms with Crippen LogP contribution in [0.25, 0.3) is 11.3 Å². The monoisotopic (exact) mass is 327 g/mol. The Labute approximate surface area is 136 Å². The summed E-state index contributed by atoms with van der Waals surface area (Å²) in [5, 5.41) is 5.21. The van der Waals surface area contributed by atoms with Crippen LogP contribution < -0.4 is 11.1 Å². The third kappa shape index (κ3) is 3.92. The summed E-state index contributed by atoms with van der Waals surface area (Å²) in [6, 6.07) is 13.3. The van der Waals surface area contributed by atoms with Crippen LogP contribution in [0.5, 0.6) is 0 Å². The lowest BCUT2D eigenvalue weighted by molar-refractivity contribution is -0.115. The number of hydrogen-bond donors (Lipinski definition) is 2. The fourth-order valence-electron chi connectivity index (χ4n) is 2.17. The highest BCUT2D eigenvalue weighted by Crippen LogP contribution is 2.25. The van der Waals surface area contributed by atoms with Crippen molar-refractivity contribution in [2.75, 3.05) is 11.1 Å². The second-order valence-corrected chi connectivity index (χ2v) is 5.89. The molecule has 0 saturated heterocycles. The van der Waals surface area contributed by atoms with Crippen LogP contribution in [0.15, 0.2) is 53.9 Å². The minimum Gasteiger partial charge on any atom is -0.375 e. The van der Waals surface area contributed by atoms with E-state index in [0.717, 1.165) is 16.8 Å². The zero-order valence-corrected chi connectivity index (χ0v) is 12.9. The lowest BCUT2D eigenvalue weighted by Gasteiger charge is -2.07. The van der Waals surface area contributed by atoms with Gasteiger partial charge in [0.2, 0.25) is 5.91 Å². The molecule has 116 valence electrons. The van der Waals surface area contributed by atoms with E-state index in [9.17, 15) is 9.18 Å². The Hall–Kier alpha value is -2.73. The van der Waals surface area contributed by atoms with Crippen LogP contribution in [-0.2, 0) is 11.2 Å². The van der Waals surface area contributed by atoms with Crippen molar-refractivity contribution in [2.45, 2.75) is 6.42 Å². The Morgan fingerprint density at radius 3 is 2.70 bits per heavy atom. The predicted molar refractivity (Wildman–Crippen MR) is 90.7 cm³/mol. The molecular formula is C17H14FN3OS. The standard InChI is InChI=1S/C17H14FN3OS/c18-13-6-4-11(5-7-13)8-16(22)20-14-3-1-2-12(9-14)15-10-23-17(19)21-15/h1-7,9-10H,8H2,(H2,19,21)(H,20,22). The van der Waals surface area contributed by atoms with Gasteiger partial charge in [0.25, 0.3) is 0 Å². The van der Waals surface area contributed by atoms with Crippen molar-refractivity contribution in [3.05, 3.63) is 65.3 Å². The highest BCUT2D eigenvalue weighted by atomic mass is 32.1. The maximum absolute atomic E-state index is 12.9. The highest BCUT2D eigenvalue weighted by molar-refractivity contribution is 7.13. The normalized spacial score (nSPS) is 10.5. The number of nitrogens with zero attached hydrogens (tertiary/aromatic N) is 1. The minimum atomic E-state index is -0.315. The Kier molecular flexibility index (Phi) is 4.34. The number of nitrogen functional groups attached to an aromatic ring is 1. The second-order valence-electron chi connectivity index (χ2n) is 5.00. The molecule has 0 bridgehead atoms. The first-order chi connectivity index (χ1) is 11.1. The van der Waals surface area contributed by atoms with Gasteiger partial charge in [-0.15, -0.1) is 11.3 Å². The molecule has 4 nitrogen and oxygen atoms in total. The maximum atomic E-state index is 12.9. The molecule has 3 aromatic rings. The van der Waals surface area contributed by atoms with Gasteiger partial charge in [-0.2, -0.15) is 0 Å². The van der Waals surface area contributed by atoms with Gasteiger partial charge in [0.1, 0.15) is 5.82 Å². The van der Waals surface area contributed by atoms with Crippen LogP contribution in [0.2, 0.25) is 0 Å². The summed E-state index contributed by atoms with van der Waals surface area (Å²) in [5.41, 5.74) is 8.75. The average Bonchev–Trinajstić information content (AvgIpc) is 2.96. The number of nitrogens with two attached hydrogens (primary N) is 1. The first-order valence-corrected chi connectivity index (χ1v) is 7.84. The number of anilines is 2. The number of rotatable bonds is 4. The van der Waals surface area contributed by atoms with Gasteiger partial charge in [-0.05, 0) is 29.8 Å². The SMILES string of the molecule is Nc1nc(-c2cccc(NC(=O)Cc3ccc(F)cc3)c2)cs1. The molecule has 3 rings (SSSR count). The molecule has 0 spiro atoms. The van der Waals surface area contributed by atoms with Crippen molar-refractivity contribution >= 4 is 28.1 Å². The molecule has 0 saturated carbocycles. The van der Waals surface area contributed by atoms with E-state index in [2.05, 4.69) is 10.3 Å². The van der Waals surface area contributed by atoms with E-state index < -0.39 is 0 Å². The topological polar surface area (TPSA) is 68.0 Å². The molecule has 0 unspecified atom stereocenters. The van der Waals surface area contributed by atoms with Gasteiger partial charge in [0, 0.05) is 16.6 Å². The van der Waals surface area contributed by atoms with E-state index in [1.54, 1.807) is 12.1 Å². The lowest BCUT2D eigenvalue weighted by atomic mass is 10.1. The first-order valence-electron chi connectivity index (χ1n) is 6.96. The Morgan fingerprint density at radius 1 is 1.22 bits per heavy atom. The van der Waals surface area contributed by atoms with Crippen LogP contribution in [0.1, 0.15) is 5.56 Å². The molecule has 2 aromatic carbocycles. The van der Waals surface area contributed by atoms with Crippen LogP contribution in [0, 0.1) is 5.82 Å². The van der Waals surface area contributed by atoms with Gasteiger partial charge in [0.15, 0.2) is 5.13 Å². The van der Waals surface area contributed by atoms with E-state index in [4.69, 9.17) is 5.73 Å². The summed E-state index contributed by atoms with van der Waals surface area (Å²) in [4.78, 5) is 16.3. The lowest BCUT2D eigenvalue weighted by Crippen LogP contribution is -2.14. The summed E-state index contributed by atoms with van der Waals surface area (Å²) in [6.07, 6.45) is 0.189. The Balaban J connectivity index is 1.70. The molecule has 23 heavy (non-hydrogen) atoms. The van der Waals surface area contributed by atoms with Gasteiger partial charge in [-0.3, -0.25) is 4.79 Å². The molecule has 3 N–H and O–H groups in total. The van der Waals surface area contributed by atoms with Gasteiger partial charge in [-0.1, -0.05) is 24.3 Å². The maximum Gasteiger partial charge on any atom is 0.228 e. The van der Waals surface area contributed by atoms with Crippen molar-refractivity contribution < 1.29 is 9.18 Å². The number of benzene rings is 2. The van der Waals surface area contributed by atoms with Crippen molar-refractivity contribution in [1.29, 1.82) is 0 Å². The van der Waals surface area contributed by atoms with Gasteiger partial charge >= 0.3 is 0 Å². The van der Waals surface area contributed by atoms with E-state index in [-0.39, 0.29) is 18.1 Å². The van der Waals surface area contributed by atoms with Crippen LogP contribution >= 0.6 is 11.3 Å². The molecule has 1 aromatic heterocycles. The predicted octanol–water partition coefficient (Wildman–Crippen LogP) is 3.71. The largest absolute Gasteiger partial charge is 0.375 e. The van der Waals surface area contributed by atoms with Gasteiger partial charge in [-0.25, -0.2) is 9.37 Å². The molecule has 0 aliphatic rings. The van der Waals surface area contributed by atoms with Crippen molar-refractivity contribution in [3.8, 4) is 11.3 Å². The number of thiazole rings is 1. The number of aromatic nitrogens is 1. The summed E-state index contributed by atoms with van der Waals surface area (Å²) >= 11 is 1.37.